The maximum absolute atomic E-state index is 6.40. The lowest BCUT2D eigenvalue weighted by atomic mass is 10.1. The first-order chi connectivity index (χ1) is 7.58. The van der Waals surface area contributed by atoms with Crippen molar-refractivity contribution in [2.45, 2.75) is 12.3 Å². The Balaban J connectivity index is 2.31. The minimum atomic E-state index is -0.130. The van der Waals surface area contributed by atoms with Gasteiger partial charge >= 0.3 is 0 Å². The third-order valence-corrected chi connectivity index (χ3v) is 5.44. The Morgan fingerprint density at radius 3 is 2.38 bits per heavy atom. The molecular formula is C12H9BrCl2S. The topological polar surface area (TPSA) is 0 Å². The highest BCUT2D eigenvalue weighted by atomic mass is 79.9. The molecule has 16 heavy (non-hydrogen) atoms. The van der Waals surface area contributed by atoms with Crippen LogP contribution in [0.25, 0.3) is 0 Å². The van der Waals surface area contributed by atoms with Crippen molar-refractivity contribution >= 4 is 50.5 Å². The zero-order valence-corrected chi connectivity index (χ0v) is 12.4. The van der Waals surface area contributed by atoms with Gasteiger partial charge in [-0.25, -0.2) is 0 Å². The predicted octanol–water partition coefficient (Wildman–Crippen LogP) is 5.80. The largest absolute Gasteiger partial charge is 0.125 e. The highest BCUT2D eigenvalue weighted by Crippen LogP contribution is 2.40. The van der Waals surface area contributed by atoms with E-state index in [-0.39, 0.29) is 5.38 Å². The fourth-order valence-electron chi connectivity index (χ4n) is 1.39. The van der Waals surface area contributed by atoms with Crippen LogP contribution in [0.15, 0.2) is 34.8 Å². The lowest BCUT2D eigenvalue weighted by Gasteiger charge is -2.07. The fourth-order valence-corrected chi connectivity index (χ4v) is 3.47. The van der Waals surface area contributed by atoms with Crippen LogP contribution in [-0.4, -0.2) is 0 Å². The van der Waals surface area contributed by atoms with Crippen LogP contribution < -0.4 is 0 Å². The summed E-state index contributed by atoms with van der Waals surface area (Å²) < 4.78 is 1.65. The molecule has 1 atom stereocenters. The lowest BCUT2D eigenvalue weighted by Crippen LogP contribution is -1.89. The Labute approximate surface area is 117 Å². The molecule has 0 aliphatic rings. The van der Waals surface area contributed by atoms with Gasteiger partial charge in [0.15, 0.2) is 0 Å². The molecule has 2 rings (SSSR count). The minimum Gasteiger partial charge on any atom is -0.125 e. The minimum absolute atomic E-state index is 0.130. The molecule has 4 heteroatoms. The van der Waals surface area contributed by atoms with E-state index in [0.717, 1.165) is 19.2 Å². The first-order valence-electron chi connectivity index (χ1n) is 4.73. The summed E-state index contributed by atoms with van der Waals surface area (Å²) in [5.41, 5.74) is 2.33. The van der Waals surface area contributed by atoms with Crippen molar-refractivity contribution < 1.29 is 0 Å². The lowest BCUT2D eigenvalue weighted by molar-refractivity contribution is 1.18. The van der Waals surface area contributed by atoms with Crippen LogP contribution in [0.3, 0.4) is 0 Å². The number of benzene rings is 1. The van der Waals surface area contributed by atoms with E-state index in [4.69, 9.17) is 23.2 Å². The first kappa shape index (κ1) is 12.4. The van der Waals surface area contributed by atoms with Gasteiger partial charge in [-0.3, -0.25) is 0 Å². The van der Waals surface area contributed by atoms with Crippen molar-refractivity contribution in [1.82, 2.24) is 0 Å². The molecule has 0 radical (unpaired) electrons. The van der Waals surface area contributed by atoms with Crippen molar-refractivity contribution in [2.75, 3.05) is 0 Å². The average Bonchev–Trinajstić information content (AvgIpc) is 2.59. The Morgan fingerprint density at radius 1 is 1.25 bits per heavy atom. The summed E-state index contributed by atoms with van der Waals surface area (Å²) >= 11 is 17.3. The van der Waals surface area contributed by atoms with E-state index in [0.29, 0.717) is 0 Å². The molecule has 1 heterocycles. The molecule has 0 N–H and O–H groups in total. The van der Waals surface area contributed by atoms with E-state index in [1.807, 2.05) is 6.07 Å². The number of hydrogen-bond donors (Lipinski definition) is 0. The molecule has 0 nitrogen and oxygen atoms in total. The van der Waals surface area contributed by atoms with Crippen LogP contribution in [-0.2, 0) is 0 Å². The summed E-state index contributed by atoms with van der Waals surface area (Å²) in [5.74, 6) is 0. The Kier molecular flexibility index (Phi) is 3.96. The smallest absolute Gasteiger partial charge is 0.107 e. The van der Waals surface area contributed by atoms with Crippen molar-refractivity contribution in [3.63, 3.8) is 0 Å². The summed E-state index contributed by atoms with van der Waals surface area (Å²) in [7, 11) is 0. The monoisotopic (exact) mass is 334 g/mol. The van der Waals surface area contributed by atoms with E-state index in [9.17, 15) is 0 Å². The second-order valence-electron chi connectivity index (χ2n) is 3.54. The molecule has 1 aromatic heterocycles. The third kappa shape index (κ3) is 2.62. The Bertz CT molecular complexity index is 471. The van der Waals surface area contributed by atoms with E-state index in [1.54, 1.807) is 0 Å². The number of rotatable bonds is 2. The SMILES string of the molecule is Cc1ccc(C(Cl)c2cc(Br)c(Cl)s2)cc1. The highest BCUT2D eigenvalue weighted by molar-refractivity contribution is 9.10. The molecule has 84 valence electrons. The van der Waals surface area contributed by atoms with E-state index < -0.39 is 0 Å². The van der Waals surface area contributed by atoms with Gasteiger partial charge in [-0.15, -0.1) is 22.9 Å². The Hall–Kier alpha value is -0.0200. The number of hydrogen-bond acceptors (Lipinski definition) is 1. The second kappa shape index (κ2) is 5.09. The quantitative estimate of drug-likeness (QED) is 0.608. The summed E-state index contributed by atoms with van der Waals surface area (Å²) in [6.45, 7) is 2.06. The maximum atomic E-state index is 6.40. The first-order valence-corrected chi connectivity index (χ1v) is 7.15. The summed E-state index contributed by atoms with van der Waals surface area (Å²) in [6, 6.07) is 10.2. The van der Waals surface area contributed by atoms with Crippen molar-refractivity contribution in [1.29, 1.82) is 0 Å². The molecule has 0 bridgehead atoms. The molecule has 2 aromatic rings. The van der Waals surface area contributed by atoms with E-state index in [1.165, 1.54) is 16.9 Å². The molecule has 0 amide bonds. The van der Waals surface area contributed by atoms with Crippen LogP contribution in [0.1, 0.15) is 21.4 Å². The van der Waals surface area contributed by atoms with Gasteiger partial charge in [0.1, 0.15) is 4.34 Å². The van der Waals surface area contributed by atoms with E-state index >= 15 is 0 Å². The molecule has 0 aliphatic heterocycles. The third-order valence-electron chi connectivity index (χ3n) is 2.28. The maximum Gasteiger partial charge on any atom is 0.107 e. The number of thiophene rings is 1. The normalized spacial score (nSPS) is 12.8. The molecule has 1 unspecified atom stereocenters. The van der Waals surface area contributed by atoms with Crippen molar-refractivity contribution in [2.24, 2.45) is 0 Å². The van der Waals surface area contributed by atoms with Crippen LogP contribution >= 0.6 is 50.5 Å². The molecule has 0 spiro atoms. The van der Waals surface area contributed by atoms with Crippen molar-refractivity contribution in [3.05, 3.63) is 55.1 Å². The molecular weight excluding hydrogens is 327 g/mol. The van der Waals surface area contributed by atoms with Crippen LogP contribution in [0.2, 0.25) is 4.34 Å². The van der Waals surface area contributed by atoms with Crippen LogP contribution in [0.5, 0.6) is 0 Å². The zero-order valence-electron chi connectivity index (χ0n) is 8.51. The number of halogens is 3. The summed E-state index contributed by atoms with van der Waals surface area (Å²) in [5, 5.41) is -0.130. The second-order valence-corrected chi connectivity index (χ2v) is 6.52. The molecule has 0 saturated carbocycles. The standard InChI is InChI=1S/C12H9BrCl2S/c1-7-2-4-8(5-3-7)11(14)10-6-9(13)12(15)16-10/h2-6,11H,1H3. The van der Waals surface area contributed by atoms with E-state index in [2.05, 4.69) is 47.1 Å². The average molecular weight is 336 g/mol. The zero-order chi connectivity index (χ0) is 11.7. The van der Waals surface area contributed by atoms with Gasteiger partial charge in [-0.05, 0) is 34.5 Å². The van der Waals surface area contributed by atoms with Crippen LogP contribution in [0.4, 0.5) is 0 Å². The highest BCUT2D eigenvalue weighted by Gasteiger charge is 2.15. The number of alkyl halides is 1. The molecule has 0 aliphatic carbocycles. The van der Waals surface area contributed by atoms with Gasteiger partial charge in [0.25, 0.3) is 0 Å². The molecule has 0 saturated heterocycles. The van der Waals surface area contributed by atoms with Gasteiger partial charge in [0.05, 0.1) is 5.38 Å². The van der Waals surface area contributed by atoms with Gasteiger partial charge in [0, 0.05) is 9.35 Å². The van der Waals surface area contributed by atoms with Crippen LogP contribution in [0, 0.1) is 6.92 Å². The number of aryl methyl sites for hydroxylation is 1. The van der Waals surface area contributed by atoms with Gasteiger partial charge in [0.2, 0.25) is 0 Å². The van der Waals surface area contributed by atoms with Crippen molar-refractivity contribution in [3.8, 4) is 0 Å². The predicted molar refractivity (Wildman–Crippen MR) is 75.9 cm³/mol. The van der Waals surface area contributed by atoms with Gasteiger partial charge < -0.3 is 0 Å². The Morgan fingerprint density at radius 2 is 1.88 bits per heavy atom. The summed E-state index contributed by atoms with van der Waals surface area (Å²) in [4.78, 5) is 1.06. The summed E-state index contributed by atoms with van der Waals surface area (Å²) in [6.07, 6.45) is 0. The molecule has 0 fully saturated rings. The molecule has 1 aromatic carbocycles. The van der Waals surface area contributed by atoms with Gasteiger partial charge in [-0.1, -0.05) is 41.4 Å². The fraction of sp³-hybridized carbons (Fsp3) is 0.167. The van der Waals surface area contributed by atoms with Gasteiger partial charge in [-0.2, -0.15) is 0 Å².